The zero-order chi connectivity index (χ0) is 12.2. The van der Waals surface area contributed by atoms with Crippen molar-refractivity contribution in [2.45, 2.75) is 0 Å². The standard InChI is InChI=1S/C17H13N/c1-2-9-17-15(6-1)7-3-8-16(17)11-10-14-5-4-12-18-13-14/h1-13H. The summed E-state index contributed by atoms with van der Waals surface area (Å²) in [6.45, 7) is 0. The number of rotatable bonds is 2. The number of aromatic nitrogens is 1. The highest BCUT2D eigenvalue weighted by Crippen LogP contribution is 2.20. The Hall–Kier alpha value is -2.41. The van der Waals surface area contributed by atoms with E-state index in [1.807, 2.05) is 12.3 Å². The van der Waals surface area contributed by atoms with Gasteiger partial charge in [0.1, 0.15) is 0 Å². The van der Waals surface area contributed by atoms with E-state index < -0.39 is 0 Å². The Morgan fingerprint density at radius 3 is 2.56 bits per heavy atom. The normalized spacial score (nSPS) is 11.1. The van der Waals surface area contributed by atoms with Crippen LogP contribution in [0, 0.1) is 0 Å². The van der Waals surface area contributed by atoms with E-state index in [9.17, 15) is 0 Å². The van der Waals surface area contributed by atoms with E-state index in [0.29, 0.717) is 0 Å². The molecule has 0 radical (unpaired) electrons. The molecule has 0 aliphatic rings. The Balaban J connectivity index is 2.03. The molecule has 1 heteroatoms. The van der Waals surface area contributed by atoms with Gasteiger partial charge in [-0.2, -0.15) is 0 Å². The number of hydrogen-bond donors (Lipinski definition) is 0. The van der Waals surface area contributed by atoms with Crippen molar-refractivity contribution in [1.82, 2.24) is 4.98 Å². The number of fused-ring (bicyclic) bond motifs is 1. The minimum atomic E-state index is 1.12. The van der Waals surface area contributed by atoms with Crippen LogP contribution in [0.4, 0.5) is 0 Å². The second-order valence-corrected chi connectivity index (χ2v) is 4.19. The minimum absolute atomic E-state index is 1.12. The van der Waals surface area contributed by atoms with Gasteiger partial charge in [0, 0.05) is 12.4 Å². The summed E-state index contributed by atoms with van der Waals surface area (Å²) in [5.74, 6) is 0. The third kappa shape index (κ3) is 2.16. The second kappa shape index (κ2) is 4.84. The predicted octanol–water partition coefficient (Wildman–Crippen LogP) is 4.41. The molecule has 86 valence electrons. The molecule has 0 N–H and O–H groups in total. The van der Waals surface area contributed by atoms with Crippen LogP contribution in [0.1, 0.15) is 11.1 Å². The first-order valence-corrected chi connectivity index (χ1v) is 5.99. The van der Waals surface area contributed by atoms with Crippen LogP contribution in [0.3, 0.4) is 0 Å². The summed E-state index contributed by atoms with van der Waals surface area (Å²) < 4.78 is 0. The molecule has 2 aromatic carbocycles. The molecule has 0 saturated heterocycles. The topological polar surface area (TPSA) is 12.9 Å². The molecule has 0 atom stereocenters. The van der Waals surface area contributed by atoms with Crippen LogP contribution in [-0.2, 0) is 0 Å². The van der Waals surface area contributed by atoms with E-state index in [1.165, 1.54) is 16.3 Å². The molecule has 1 aromatic heterocycles. The Kier molecular flexibility index (Phi) is 2.89. The van der Waals surface area contributed by atoms with Crippen LogP contribution in [0.15, 0.2) is 67.0 Å². The first-order chi connectivity index (χ1) is 8.93. The van der Waals surface area contributed by atoms with Gasteiger partial charge in [-0.25, -0.2) is 0 Å². The maximum atomic E-state index is 4.11. The molecule has 0 fully saturated rings. The lowest BCUT2D eigenvalue weighted by atomic mass is 10.0. The molecular formula is C17H13N. The monoisotopic (exact) mass is 231 g/mol. The van der Waals surface area contributed by atoms with Gasteiger partial charge in [0.05, 0.1) is 0 Å². The molecule has 0 saturated carbocycles. The Bertz CT molecular complexity index is 679. The van der Waals surface area contributed by atoms with Gasteiger partial charge in [-0.3, -0.25) is 4.98 Å². The van der Waals surface area contributed by atoms with E-state index in [-0.39, 0.29) is 0 Å². The number of hydrogen-bond acceptors (Lipinski definition) is 1. The lowest BCUT2D eigenvalue weighted by Crippen LogP contribution is -1.78. The van der Waals surface area contributed by atoms with Crippen molar-refractivity contribution < 1.29 is 0 Å². The molecule has 0 aliphatic heterocycles. The van der Waals surface area contributed by atoms with Crippen molar-refractivity contribution in [1.29, 1.82) is 0 Å². The SMILES string of the molecule is C(=Cc1cccc2ccccc12)c1cccnc1. The smallest absolute Gasteiger partial charge is 0.0340 e. The largest absolute Gasteiger partial charge is 0.264 e. The summed E-state index contributed by atoms with van der Waals surface area (Å²) in [5.41, 5.74) is 2.35. The van der Waals surface area contributed by atoms with Crippen LogP contribution < -0.4 is 0 Å². The van der Waals surface area contributed by atoms with E-state index in [0.717, 1.165) is 5.56 Å². The van der Waals surface area contributed by atoms with Crippen molar-refractivity contribution in [2.24, 2.45) is 0 Å². The predicted molar refractivity (Wildman–Crippen MR) is 77.1 cm³/mol. The van der Waals surface area contributed by atoms with Gasteiger partial charge in [-0.1, -0.05) is 60.7 Å². The fraction of sp³-hybridized carbons (Fsp3) is 0. The molecule has 3 aromatic rings. The molecule has 0 amide bonds. The van der Waals surface area contributed by atoms with Gasteiger partial charge >= 0.3 is 0 Å². The number of nitrogens with zero attached hydrogens (tertiary/aromatic N) is 1. The molecule has 1 heterocycles. The van der Waals surface area contributed by atoms with Gasteiger partial charge in [0.15, 0.2) is 0 Å². The lowest BCUT2D eigenvalue weighted by Gasteiger charge is -2.01. The van der Waals surface area contributed by atoms with E-state index in [1.54, 1.807) is 6.20 Å². The summed E-state index contributed by atoms with van der Waals surface area (Å²) in [7, 11) is 0. The van der Waals surface area contributed by atoms with Crippen molar-refractivity contribution in [3.8, 4) is 0 Å². The summed E-state index contributed by atoms with van der Waals surface area (Å²) in [6.07, 6.45) is 7.88. The number of pyridine rings is 1. The summed E-state index contributed by atoms with van der Waals surface area (Å²) in [5, 5.41) is 2.55. The number of benzene rings is 2. The molecule has 3 rings (SSSR count). The van der Waals surface area contributed by atoms with Crippen LogP contribution in [-0.4, -0.2) is 4.98 Å². The Morgan fingerprint density at radius 1 is 0.778 bits per heavy atom. The summed E-state index contributed by atoms with van der Waals surface area (Å²) >= 11 is 0. The van der Waals surface area contributed by atoms with Crippen molar-refractivity contribution in [2.75, 3.05) is 0 Å². The first kappa shape index (κ1) is 10.7. The first-order valence-electron chi connectivity index (χ1n) is 5.99. The maximum absolute atomic E-state index is 4.11. The van der Waals surface area contributed by atoms with Crippen molar-refractivity contribution >= 4 is 22.9 Å². The van der Waals surface area contributed by atoms with E-state index in [2.05, 4.69) is 65.7 Å². The summed E-state index contributed by atoms with van der Waals surface area (Å²) in [4.78, 5) is 4.11. The highest BCUT2D eigenvalue weighted by atomic mass is 14.6. The van der Waals surface area contributed by atoms with Gasteiger partial charge in [0.2, 0.25) is 0 Å². The van der Waals surface area contributed by atoms with Crippen LogP contribution in [0.25, 0.3) is 22.9 Å². The fourth-order valence-electron chi connectivity index (χ4n) is 2.06. The third-order valence-electron chi connectivity index (χ3n) is 2.96. The van der Waals surface area contributed by atoms with Gasteiger partial charge < -0.3 is 0 Å². The molecule has 0 spiro atoms. The van der Waals surface area contributed by atoms with Crippen molar-refractivity contribution in [3.63, 3.8) is 0 Å². The molecule has 0 bridgehead atoms. The Morgan fingerprint density at radius 2 is 1.67 bits per heavy atom. The lowest BCUT2D eigenvalue weighted by molar-refractivity contribution is 1.32. The highest BCUT2D eigenvalue weighted by Gasteiger charge is 1.96. The maximum Gasteiger partial charge on any atom is 0.0340 e. The zero-order valence-electron chi connectivity index (χ0n) is 9.95. The highest BCUT2D eigenvalue weighted by molar-refractivity contribution is 5.92. The molecular weight excluding hydrogens is 218 g/mol. The minimum Gasteiger partial charge on any atom is -0.264 e. The van der Waals surface area contributed by atoms with E-state index in [4.69, 9.17) is 0 Å². The quantitative estimate of drug-likeness (QED) is 0.636. The Labute approximate surface area is 106 Å². The zero-order valence-corrected chi connectivity index (χ0v) is 9.95. The summed E-state index contributed by atoms with van der Waals surface area (Å²) in [6, 6.07) is 18.8. The van der Waals surface area contributed by atoms with Crippen LogP contribution in [0.2, 0.25) is 0 Å². The van der Waals surface area contributed by atoms with Crippen LogP contribution in [0.5, 0.6) is 0 Å². The second-order valence-electron chi connectivity index (χ2n) is 4.19. The average Bonchev–Trinajstić information content (AvgIpc) is 2.46. The van der Waals surface area contributed by atoms with Crippen LogP contribution >= 0.6 is 0 Å². The molecule has 0 aliphatic carbocycles. The van der Waals surface area contributed by atoms with Gasteiger partial charge in [-0.15, -0.1) is 0 Å². The fourth-order valence-corrected chi connectivity index (χ4v) is 2.06. The van der Waals surface area contributed by atoms with Gasteiger partial charge in [-0.05, 0) is 28.0 Å². The third-order valence-corrected chi connectivity index (χ3v) is 2.96. The molecule has 0 unspecified atom stereocenters. The molecule has 18 heavy (non-hydrogen) atoms. The molecule has 1 nitrogen and oxygen atoms in total. The van der Waals surface area contributed by atoms with Crippen molar-refractivity contribution in [3.05, 3.63) is 78.1 Å². The van der Waals surface area contributed by atoms with E-state index >= 15 is 0 Å². The van der Waals surface area contributed by atoms with Gasteiger partial charge in [0.25, 0.3) is 0 Å². The average molecular weight is 231 g/mol.